The summed E-state index contributed by atoms with van der Waals surface area (Å²) in [4.78, 5) is 18.4. The smallest absolute Gasteiger partial charge is 0.264 e. The minimum atomic E-state index is 0.122. The van der Waals surface area contributed by atoms with Gasteiger partial charge in [0.15, 0.2) is 0 Å². The van der Waals surface area contributed by atoms with Crippen LogP contribution in [-0.2, 0) is 0 Å². The van der Waals surface area contributed by atoms with Gasteiger partial charge in [0.2, 0.25) is 0 Å². The maximum Gasteiger partial charge on any atom is 0.264 e. The minimum absolute atomic E-state index is 0.122. The van der Waals surface area contributed by atoms with E-state index in [4.69, 9.17) is 5.26 Å². The molecule has 1 amide bonds. The standard InChI is InChI=1S/C24H23N3OS/c1-18-3-7-20(8-4-18)22-11-16-29-23(22)24(28)27-13-2-12-26(14-15-27)21-9-5-19(17-25)6-10-21/h3-11,16H,2,12-15H2,1H3. The molecule has 0 saturated carbocycles. The average molecular weight is 402 g/mol. The van der Waals surface area contributed by atoms with Crippen molar-refractivity contribution < 1.29 is 4.79 Å². The first-order valence-electron chi connectivity index (χ1n) is 9.84. The molecule has 29 heavy (non-hydrogen) atoms. The van der Waals surface area contributed by atoms with Crippen molar-refractivity contribution in [2.75, 3.05) is 31.1 Å². The van der Waals surface area contributed by atoms with Gasteiger partial charge in [0.1, 0.15) is 0 Å². The third-order valence-corrected chi connectivity index (χ3v) is 6.27. The van der Waals surface area contributed by atoms with Crippen LogP contribution in [0.4, 0.5) is 5.69 Å². The zero-order chi connectivity index (χ0) is 20.2. The third kappa shape index (κ3) is 4.18. The Morgan fingerprint density at radius 3 is 2.45 bits per heavy atom. The fourth-order valence-corrected chi connectivity index (χ4v) is 4.59. The highest BCUT2D eigenvalue weighted by molar-refractivity contribution is 7.12. The van der Waals surface area contributed by atoms with Crippen LogP contribution >= 0.6 is 11.3 Å². The molecule has 2 heterocycles. The van der Waals surface area contributed by atoms with Gasteiger partial charge in [-0.25, -0.2) is 0 Å². The summed E-state index contributed by atoms with van der Waals surface area (Å²) in [6, 6.07) is 20.2. The maximum absolute atomic E-state index is 13.3. The van der Waals surface area contributed by atoms with Gasteiger partial charge < -0.3 is 9.80 Å². The van der Waals surface area contributed by atoms with Crippen molar-refractivity contribution >= 4 is 22.9 Å². The van der Waals surface area contributed by atoms with Crippen molar-refractivity contribution in [1.29, 1.82) is 5.26 Å². The molecule has 0 radical (unpaired) electrons. The summed E-state index contributed by atoms with van der Waals surface area (Å²) in [7, 11) is 0. The van der Waals surface area contributed by atoms with E-state index in [0.717, 1.165) is 47.7 Å². The number of carbonyl (C=O) groups excluding carboxylic acids is 1. The molecule has 1 saturated heterocycles. The molecule has 1 aromatic heterocycles. The average Bonchev–Trinajstić information content (AvgIpc) is 3.11. The Morgan fingerprint density at radius 2 is 1.72 bits per heavy atom. The van der Waals surface area contributed by atoms with Gasteiger partial charge in [-0.1, -0.05) is 29.8 Å². The lowest BCUT2D eigenvalue weighted by atomic mass is 10.0. The molecule has 0 bridgehead atoms. The molecule has 0 N–H and O–H groups in total. The molecule has 2 aromatic carbocycles. The Bertz CT molecular complexity index is 1030. The molecule has 3 aromatic rings. The van der Waals surface area contributed by atoms with Gasteiger partial charge in [-0.05, 0) is 54.6 Å². The van der Waals surface area contributed by atoms with Crippen molar-refractivity contribution in [3.8, 4) is 17.2 Å². The first kappa shape index (κ1) is 19.2. The van der Waals surface area contributed by atoms with Crippen LogP contribution in [0.25, 0.3) is 11.1 Å². The van der Waals surface area contributed by atoms with Crippen LogP contribution in [0.15, 0.2) is 60.0 Å². The molecule has 4 nitrogen and oxygen atoms in total. The van der Waals surface area contributed by atoms with Gasteiger partial charge in [0.05, 0.1) is 16.5 Å². The van der Waals surface area contributed by atoms with Gasteiger partial charge in [-0.2, -0.15) is 5.26 Å². The van der Waals surface area contributed by atoms with E-state index in [1.807, 2.05) is 40.6 Å². The second kappa shape index (κ2) is 8.50. The molecule has 1 aliphatic heterocycles. The van der Waals surface area contributed by atoms with Gasteiger partial charge >= 0.3 is 0 Å². The second-order valence-electron chi connectivity index (χ2n) is 7.32. The van der Waals surface area contributed by atoms with Crippen molar-refractivity contribution in [3.63, 3.8) is 0 Å². The number of anilines is 1. The van der Waals surface area contributed by atoms with Gasteiger partial charge in [0, 0.05) is 37.4 Å². The highest BCUT2D eigenvalue weighted by Gasteiger charge is 2.23. The van der Waals surface area contributed by atoms with Gasteiger partial charge in [-0.15, -0.1) is 11.3 Å². The lowest BCUT2D eigenvalue weighted by Gasteiger charge is -2.24. The summed E-state index contributed by atoms with van der Waals surface area (Å²) >= 11 is 1.52. The second-order valence-corrected chi connectivity index (χ2v) is 8.24. The van der Waals surface area contributed by atoms with Gasteiger partial charge in [0.25, 0.3) is 5.91 Å². The number of benzene rings is 2. The minimum Gasteiger partial charge on any atom is -0.370 e. The number of hydrogen-bond donors (Lipinski definition) is 0. The molecular weight excluding hydrogens is 378 g/mol. The van der Waals surface area contributed by atoms with Crippen molar-refractivity contribution in [3.05, 3.63) is 76.0 Å². The number of hydrogen-bond acceptors (Lipinski definition) is 4. The number of carbonyl (C=O) groups is 1. The van der Waals surface area contributed by atoms with E-state index in [2.05, 4.69) is 42.2 Å². The maximum atomic E-state index is 13.3. The lowest BCUT2D eigenvalue weighted by molar-refractivity contribution is 0.0772. The van der Waals surface area contributed by atoms with Crippen LogP contribution < -0.4 is 4.90 Å². The zero-order valence-electron chi connectivity index (χ0n) is 16.5. The van der Waals surface area contributed by atoms with E-state index in [1.54, 1.807) is 0 Å². The molecular formula is C24H23N3OS. The summed E-state index contributed by atoms with van der Waals surface area (Å²) in [5.74, 6) is 0.122. The number of nitriles is 1. The molecule has 4 rings (SSSR count). The van der Waals surface area contributed by atoms with Crippen LogP contribution in [0.2, 0.25) is 0 Å². The summed E-state index contributed by atoms with van der Waals surface area (Å²) in [5.41, 5.74) is 5.10. The number of rotatable bonds is 3. The fraction of sp³-hybridized carbons (Fsp3) is 0.250. The van der Waals surface area contributed by atoms with Crippen LogP contribution in [0, 0.1) is 18.3 Å². The van der Waals surface area contributed by atoms with Gasteiger partial charge in [-0.3, -0.25) is 4.79 Å². The van der Waals surface area contributed by atoms with Crippen molar-refractivity contribution in [2.45, 2.75) is 13.3 Å². The van der Waals surface area contributed by atoms with Crippen LogP contribution in [-0.4, -0.2) is 37.0 Å². The van der Waals surface area contributed by atoms with E-state index < -0.39 is 0 Å². The van der Waals surface area contributed by atoms with E-state index in [-0.39, 0.29) is 5.91 Å². The molecule has 5 heteroatoms. The number of aryl methyl sites for hydroxylation is 1. The number of nitrogens with zero attached hydrogens (tertiary/aromatic N) is 3. The quantitative estimate of drug-likeness (QED) is 0.624. The Kier molecular flexibility index (Phi) is 5.64. The van der Waals surface area contributed by atoms with Crippen molar-refractivity contribution in [2.24, 2.45) is 0 Å². The SMILES string of the molecule is Cc1ccc(-c2ccsc2C(=O)N2CCCN(c3ccc(C#N)cc3)CC2)cc1. The molecule has 146 valence electrons. The third-order valence-electron chi connectivity index (χ3n) is 5.37. The Hall–Kier alpha value is -3.10. The first-order chi connectivity index (χ1) is 14.2. The largest absolute Gasteiger partial charge is 0.370 e. The van der Waals surface area contributed by atoms with E-state index in [0.29, 0.717) is 12.1 Å². The topological polar surface area (TPSA) is 47.3 Å². The number of amides is 1. The van der Waals surface area contributed by atoms with Crippen LogP contribution in [0.1, 0.15) is 27.2 Å². The molecule has 1 fully saturated rings. The molecule has 1 aliphatic rings. The monoisotopic (exact) mass is 401 g/mol. The summed E-state index contributed by atoms with van der Waals surface area (Å²) in [6.45, 7) is 5.23. The first-order valence-corrected chi connectivity index (χ1v) is 10.7. The molecule has 0 atom stereocenters. The molecule has 0 unspecified atom stereocenters. The Balaban J connectivity index is 1.48. The van der Waals surface area contributed by atoms with Crippen LogP contribution in [0.5, 0.6) is 0 Å². The van der Waals surface area contributed by atoms with Crippen molar-refractivity contribution in [1.82, 2.24) is 4.90 Å². The zero-order valence-corrected chi connectivity index (χ0v) is 17.3. The summed E-state index contributed by atoms with van der Waals surface area (Å²) in [6.07, 6.45) is 0.928. The molecule has 0 aliphatic carbocycles. The Morgan fingerprint density at radius 1 is 0.966 bits per heavy atom. The van der Waals surface area contributed by atoms with Crippen LogP contribution in [0.3, 0.4) is 0 Å². The number of thiophene rings is 1. The predicted octanol–water partition coefficient (Wildman–Crippen LogP) is 4.95. The predicted molar refractivity (Wildman–Crippen MR) is 118 cm³/mol. The van der Waals surface area contributed by atoms with E-state index in [1.165, 1.54) is 16.9 Å². The summed E-state index contributed by atoms with van der Waals surface area (Å²) < 4.78 is 0. The summed E-state index contributed by atoms with van der Waals surface area (Å²) in [5, 5.41) is 11.0. The fourth-order valence-electron chi connectivity index (χ4n) is 3.70. The molecule has 0 spiro atoms. The highest BCUT2D eigenvalue weighted by Crippen LogP contribution is 2.30. The lowest BCUT2D eigenvalue weighted by Crippen LogP contribution is -2.35. The van der Waals surface area contributed by atoms with E-state index >= 15 is 0 Å². The highest BCUT2D eigenvalue weighted by atomic mass is 32.1. The van der Waals surface area contributed by atoms with E-state index in [9.17, 15) is 4.79 Å². The normalized spacial score (nSPS) is 14.3. The Labute approximate surface area is 175 Å².